The monoisotopic (exact) mass is 180 g/mol. The molecule has 3 heteroatoms. The van der Waals surface area contributed by atoms with E-state index < -0.39 is 6.29 Å². The molecular weight excluding hydrogens is 168 g/mol. The molecule has 0 saturated carbocycles. The Hall–Kier alpha value is 1.40. The van der Waals surface area contributed by atoms with Crippen LogP contribution in [0.5, 0.6) is 0 Å². The van der Waals surface area contributed by atoms with Crippen molar-refractivity contribution in [1.29, 1.82) is 0 Å². The van der Waals surface area contributed by atoms with Crippen LogP contribution in [-0.2, 0) is 0 Å². The van der Waals surface area contributed by atoms with E-state index in [0.717, 1.165) is 6.42 Å². The fourth-order valence-electron chi connectivity index (χ4n) is 0.258. The van der Waals surface area contributed by atoms with Crippen LogP contribution in [0.25, 0.3) is 0 Å². The maximum atomic E-state index is 8.11. The summed E-state index contributed by atoms with van der Waals surface area (Å²) in [6.07, 6.45) is 0.215. The predicted molar refractivity (Wildman–Crippen MR) is 31.7 cm³/mol. The van der Waals surface area contributed by atoms with E-state index in [1.807, 2.05) is 6.92 Å². The molecule has 0 unspecified atom stereocenters. The van der Waals surface area contributed by atoms with E-state index in [4.69, 9.17) is 10.2 Å². The van der Waals surface area contributed by atoms with Crippen LogP contribution in [-0.4, -0.2) is 62.0 Å². The quantitative estimate of drug-likeness (QED) is 0.430. The fraction of sp³-hybridized carbons (Fsp3) is 1.00. The molecule has 0 saturated heterocycles. The zero-order valence-corrected chi connectivity index (χ0v) is 3.89. The summed E-state index contributed by atoms with van der Waals surface area (Å²) in [4.78, 5) is 0. The molecule has 0 heterocycles. The summed E-state index contributed by atoms with van der Waals surface area (Å²) < 4.78 is 0. The van der Waals surface area contributed by atoms with E-state index in [0.29, 0.717) is 6.42 Å². The summed E-state index contributed by atoms with van der Waals surface area (Å²) in [5, 5.41) is 16.2. The SMILES string of the molecule is CCCC(O)O.[SrH2]. The molecule has 0 aromatic rings. The molecule has 0 amide bonds. The minimum absolute atomic E-state index is 0. The molecule has 0 bridgehead atoms. The van der Waals surface area contributed by atoms with Crippen molar-refractivity contribution in [3.05, 3.63) is 0 Å². The standard InChI is InChI=1S/C4H10O2.Sr.2H/c1-2-3-4(5)6;;;/h4-6H,2-3H2,1H3;;;. The molecular formula is C4H12O2Sr. The Morgan fingerprint density at radius 2 is 1.86 bits per heavy atom. The Bertz CT molecular complexity index is 30.9. The molecule has 0 aromatic carbocycles. The first-order valence-corrected chi connectivity index (χ1v) is 2.13. The molecule has 2 nitrogen and oxygen atoms in total. The second-order valence-electron chi connectivity index (χ2n) is 1.27. The van der Waals surface area contributed by atoms with Crippen molar-refractivity contribution < 1.29 is 10.2 Å². The number of aliphatic hydroxyl groups excluding tert-OH is 1. The third-order valence-electron chi connectivity index (χ3n) is 0.547. The van der Waals surface area contributed by atoms with Gasteiger partial charge < -0.3 is 10.2 Å². The molecule has 0 rings (SSSR count). The number of hydrogen-bond acceptors (Lipinski definition) is 2. The van der Waals surface area contributed by atoms with Crippen LogP contribution >= 0.6 is 0 Å². The molecule has 7 heavy (non-hydrogen) atoms. The van der Waals surface area contributed by atoms with E-state index in [1.54, 1.807) is 0 Å². The van der Waals surface area contributed by atoms with Crippen LogP contribution in [0, 0.1) is 0 Å². The normalized spacial score (nSPS) is 8.57. The number of hydrogen-bond donors (Lipinski definition) is 2. The van der Waals surface area contributed by atoms with Gasteiger partial charge in [-0.15, -0.1) is 0 Å². The van der Waals surface area contributed by atoms with Crippen LogP contribution in [0.1, 0.15) is 19.8 Å². The van der Waals surface area contributed by atoms with E-state index in [1.165, 1.54) is 0 Å². The van der Waals surface area contributed by atoms with Crippen LogP contribution in [0.4, 0.5) is 0 Å². The van der Waals surface area contributed by atoms with Crippen LogP contribution in [0.15, 0.2) is 0 Å². The Balaban J connectivity index is 0. The third-order valence-corrected chi connectivity index (χ3v) is 0.547. The van der Waals surface area contributed by atoms with Gasteiger partial charge in [-0.25, -0.2) is 0 Å². The zero-order valence-electron chi connectivity index (χ0n) is 3.89. The van der Waals surface area contributed by atoms with Gasteiger partial charge in [-0.1, -0.05) is 13.3 Å². The van der Waals surface area contributed by atoms with Gasteiger partial charge in [0.25, 0.3) is 0 Å². The van der Waals surface area contributed by atoms with Crippen molar-refractivity contribution in [2.75, 3.05) is 0 Å². The van der Waals surface area contributed by atoms with E-state index in [2.05, 4.69) is 0 Å². The van der Waals surface area contributed by atoms with Gasteiger partial charge in [0.15, 0.2) is 6.29 Å². The molecule has 42 valence electrons. The van der Waals surface area contributed by atoms with Gasteiger partial charge >= 0.3 is 45.5 Å². The molecule has 0 fully saturated rings. The minimum atomic E-state index is -1.10. The van der Waals surface area contributed by atoms with E-state index in [9.17, 15) is 0 Å². The van der Waals surface area contributed by atoms with Gasteiger partial charge in [0.2, 0.25) is 0 Å². The summed E-state index contributed by atoms with van der Waals surface area (Å²) in [5.74, 6) is 0. The molecule has 2 N–H and O–H groups in total. The van der Waals surface area contributed by atoms with Crippen molar-refractivity contribution in [2.24, 2.45) is 0 Å². The second-order valence-corrected chi connectivity index (χ2v) is 1.27. The van der Waals surface area contributed by atoms with Gasteiger partial charge in [-0.05, 0) is 6.42 Å². The predicted octanol–water partition coefficient (Wildman–Crippen LogP) is -0.819. The summed E-state index contributed by atoms with van der Waals surface area (Å²) in [5.41, 5.74) is 0. The van der Waals surface area contributed by atoms with Crippen molar-refractivity contribution >= 4 is 45.5 Å². The van der Waals surface area contributed by atoms with Gasteiger partial charge in [0.05, 0.1) is 0 Å². The third kappa shape index (κ3) is 11.1. The second kappa shape index (κ2) is 7.40. The molecule has 0 aliphatic heterocycles. The first kappa shape index (κ1) is 11.2. The molecule has 0 atom stereocenters. The van der Waals surface area contributed by atoms with Crippen molar-refractivity contribution in [3.63, 3.8) is 0 Å². The first-order valence-electron chi connectivity index (χ1n) is 2.13. The fourth-order valence-corrected chi connectivity index (χ4v) is 0.258. The zero-order chi connectivity index (χ0) is 4.99. The number of aliphatic hydroxyl groups is 2. The Kier molecular flexibility index (Phi) is 11.9. The topological polar surface area (TPSA) is 40.5 Å². The van der Waals surface area contributed by atoms with Crippen molar-refractivity contribution in [1.82, 2.24) is 0 Å². The summed E-state index contributed by atoms with van der Waals surface area (Å²) in [7, 11) is 0. The Morgan fingerprint density at radius 3 is 1.86 bits per heavy atom. The van der Waals surface area contributed by atoms with Crippen LogP contribution in [0.2, 0.25) is 0 Å². The van der Waals surface area contributed by atoms with E-state index >= 15 is 0 Å². The average molecular weight is 180 g/mol. The van der Waals surface area contributed by atoms with Crippen LogP contribution in [0.3, 0.4) is 0 Å². The summed E-state index contributed by atoms with van der Waals surface area (Å²) in [6.45, 7) is 1.90. The van der Waals surface area contributed by atoms with Crippen molar-refractivity contribution in [3.8, 4) is 0 Å². The molecule has 0 aromatic heterocycles. The maximum absolute atomic E-state index is 8.11. The van der Waals surface area contributed by atoms with Gasteiger partial charge in [0, 0.05) is 0 Å². The Labute approximate surface area is 80.8 Å². The molecule has 0 aliphatic carbocycles. The number of rotatable bonds is 2. The van der Waals surface area contributed by atoms with Crippen molar-refractivity contribution in [2.45, 2.75) is 26.1 Å². The molecule has 0 radical (unpaired) electrons. The summed E-state index contributed by atoms with van der Waals surface area (Å²) >= 11 is 0. The van der Waals surface area contributed by atoms with E-state index in [-0.39, 0.29) is 45.5 Å². The molecule has 0 aliphatic rings. The van der Waals surface area contributed by atoms with Gasteiger partial charge in [-0.3, -0.25) is 0 Å². The van der Waals surface area contributed by atoms with Crippen LogP contribution < -0.4 is 0 Å². The summed E-state index contributed by atoms with van der Waals surface area (Å²) in [6, 6.07) is 0. The van der Waals surface area contributed by atoms with Gasteiger partial charge in [0.1, 0.15) is 0 Å². The first-order chi connectivity index (χ1) is 2.77. The Morgan fingerprint density at radius 1 is 1.43 bits per heavy atom. The average Bonchev–Trinajstić information content (AvgIpc) is 1.35. The van der Waals surface area contributed by atoms with Gasteiger partial charge in [-0.2, -0.15) is 0 Å². The molecule has 0 spiro atoms.